The molecule has 1 N–H and O–H groups in total. The van der Waals surface area contributed by atoms with Crippen LogP contribution in [-0.2, 0) is 17.6 Å². The SMILES string of the molecule is CCCOCCCNc1ccc2c(n1)CCC2. The van der Waals surface area contributed by atoms with Crippen molar-refractivity contribution >= 4 is 5.82 Å². The fourth-order valence-corrected chi connectivity index (χ4v) is 2.16. The zero-order valence-electron chi connectivity index (χ0n) is 10.7. The van der Waals surface area contributed by atoms with Crippen LogP contribution in [0.4, 0.5) is 5.82 Å². The zero-order valence-corrected chi connectivity index (χ0v) is 10.7. The Morgan fingerprint density at radius 2 is 2.24 bits per heavy atom. The summed E-state index contributed by atoms with van der Waals surface area (Å²) in [5.74, 6) is 1.01. The summed E-state index contributed by atoms with van der Waals surface area (Å²) < 4.78 is 5.43. The van der Waals surface area contributed by atoms with Gasteiger partial charge in [-0.25, -0.2) is 4.98 Å². The summed E-state index contributed by atoms with van der Waals surface area (Å²) in [6.07, 6.45) is 5.74. The number of ether oxygens (including phenoxy) is 1. The third-order valence-corrected chi connectivity index (χ3v) is 3.05. The van der Waals surface area contributed by atoms with Crippen molar-refractivity contribution in [2.75, 3.05) is 25.1 Å². The number of aryl methyl sites for hydroxylation is 2. The van der Waals surface area contributed by atoms with E-state index in [0.29, 0.717) is 0 Å². The Labute approximate surface area is 104 Å². The van der Waals surface area contributed by atoms with E-state index in [9.17, 15) is 0 Å². The summed E-state index contributed by atoms with van der Waals surface area (Å²) in [4.78, 5) is 4.64. The van der Waals surface area contributed by atoms with Crippen LogP contribution in [0.2, 0.25) is 0 Å². The predicted octanol–water partition coefficient (Wildman–Crippen LogP) is 2.80. The number of fused-ring (bicyclic) bond motifs is 1. The molecule has 1 heterocycles. The second-order valence-electron chi connectivity index (χ2n) is 4.55. The molecule has 0 amide bonds. The summed E-state index contributed by atoms with van der Waals surface area (Å²) >= 11 is 0. The van der Waals surface area contributed by atoms with E-state index in [0.717, 1.165) is 44.8 Å². The number of hydrogen-bond donors (Lipinski definition) is 1. The topological polar surface area (TPSA) is 34.1 Å². The molecule has 1 aliphatic rings. The lowest BCUT2D eigenvalue weighted by atomic mass is 10.2. The van der Waals surface area contributed by atoms with Crippen LogP contribution in [-0.4, -0.2) is 24.7 Å². The fraction of sp³-hybridized carbons (Fsp3) is 0.643. The van der Waals surface area contributed by atoms with Gasteiger partial charge in [0.25, 0.3) is 0 Å². The molecule has 3 nitrogen and oxygen atoms in total. The Bertz CT molecular complexity index is 352. The molecule has 0 aliphatic heterocycles. The zero-order chi connectivity index (χ0) is 11.9. The highest BCUT2D eigenvalue weighted by molar-refractivity contribution is 5.40. The van der Waals surface area contributed by atoms with Gasteiger partial charge >= 0.3 is 0 Å². The predicted molar refractivity (Wildman–Crippen MR) is 70.5 cm³/mol. The Hall–Kier alpha value is -1.09. The van der Waals surface area contributed by atoms with E-state index in [1.807, 2.05) is 0 Å². The first-order chi connectivity index (χ1) is 8.40. The lowest BCUT2D eigenvalue weighted by molar-refractivity contribution is 0.134. The van der Waals surface area contributed by atoms with E-state index in [1.165, 1.54) is 24.1 Å². The first kappa shape index (κ1) is 12.4. The molecule has 94 valence electrons. The maximum atomic E-state index is 5.43. The Morgan fingerprint density at radius 1 is 1.29 bits per heavy atom. The summed E-state index contributed by atoms with van der Waals surface area (Å²) in [6, 6.07) is 4.31. The summed E-state index contributed by atoms with van der Waals surface area (Å²) in [5, 5.41) is 3.36. The van der Waals surface area contributed by atoms with Gasteiger partial charge in [0.15, 0.2) is 0 Å². The van der Waals surface area contributed by atoms with Crippen LogP contribution in [0.15, 0.2) is 12.1 Å². The molecule has 0 saturated heterocycles. The van der Waals surface area contributed by atoms with E-state index in [2.05, 4.69) is 29.4 Å². The fourth-order valence-electron chi connectivity index (χ4n) is 2.16. The molecule has 0 unspecified atom stereocenters. The standard InChI is InChI=1S/C14H22N2O/c1-2-10-17-11-4-9-15-14-8-7-12-5-3-6-13(12)16-14/h7-8H,2-6,9-11H2,1H3,(H,15,16). The largest absolute Gasteiger partial charge is 0.381 e. The molecule has 0 bridgehead atoms. The van der Waals surface area contributed by atoms with Crippen molar-refractivity contribution in [3.63, 3.8) is 0 Å². The number of aromatic nitrogens is 1. The Kier molecular flexibility index (Phi) is 4.80. The molecule has 0 spiro atoms. The van der Waals surface area contributed by atoms with E-state index in [4.69, 9.17) is 4.74 Å². The lowest BCUT2D eigenvalue weighted by Gasteiger charge is -2.07. The second-order valence-corrected chi connectivity index (χ2v) is 4.55. The quantitative estimate of drug-likeness (QED) is 0.737. The lowest BCUT2D eigenvalue weighted by Crippen LogP contribution is -2.08. The summed E-state index contributed by atoms with van der Waals surface area (Å²) in [7, 11) is 0. The van der Waals surface area contributed by atoms with Gasteiger partial charge in [0.2, 0.25) is 0 Å². The van der Waals surface area contributed by atoms with Crippen LogP contribution in [0.3, 0.4) is 0 Å². The van der Waals surface area contributed by atoms with Crippen LogP contribution < -0.4 is 5.32 Å². The van der Waals surface area contributed by atoms with E-state index < -0.39 is 0 Å². The molecular formula is C14H22N2O. The van der Waals surface area contributed by atoms with Gasteiger partial charge < -0.3 is 10.1 Å². The molecule has 1 aromatic heterocycles. The molecule has 0 aromatic carbocycles. The third kappa shape index (κ3) is 3.70. The van der Waals surface area contributed by atoms with Gasteiger partial charge in [-0.05, 0) is 43.7 Å². The van der Waals surface area contributed by atoms with Crippen LogP contribution in [0.25, 0.3) is 0 Å². The molecule has 0 radical (unpaired) electrons. The van der Waals surface area contributed by atoms with Crippen molar-refractivity contribution in [3.05, 3.63) is 23.4 Å². The van der Waals surface area contributed by atoms with Gasteiger partial charge in [-0.15, -0.1) is 0 Å². The Balaban J connectivity index is 1.69. The number of pyridine rings is 1. The molecule has 1 aromatic rings. The van der Waals surface area contributed by atoms with E-state index in [-0.39, 0.29) is 0 Å². The first-order valence-electron chi connectivity index (χ1n) is 6.70. The van der Waals surface area contributed by atoms with Crippen LogP contribution in [0, 0.1) is 0 Å². The number of hydrogen-bond acceptors (Lipinski definition) is 3. The monoisotopic (exact) mass is 234 g/mol. The highest BCUT2D eigenvalue weighted by atomic mass is 16.5. The summed E-state index contributed by atoms with van der Waals surface area (Å²) in [6.45, 7) is 4.78. The van der Waals surface area contributed by atoms with Gasteiger partial charge in [-0.1, -0.05) is 13.0 Å². The van der Waals surface area contributed by atoms with Gasteiger partial charge in [0.05, 0.1) is 0 Å². The van der Waals surface area contributed by atoms with Crippen molar-refractivity contribution in [2.45, 2.75) is 39.0 Å². The average molecular weight is 234 g/mol. The molecule has 3 heteroatoms. The smallest absolute Gasteiger partial charge is 0.126 e. The van der Waals surface area contributed by atoms with Crippen molar-refractivity contribution in [1.29, 1.82) is 0 Å². The van der Waals surface area contributed by atoms with Crippen LogP contribution in [0.1, 0.15) is 37.4 Å². The number of nitrogens with one attached hydrogen (secondary N) is 1. The Morgan fingerprint density at radius 3 is 3.12 bits per heavy atom. The second kappa shape index (κ2) is 6.60. The van der Waals surface area contributed by atoms with E-state index >= 15 is 0 Å². The highest BCUT2D eigenvalue weighted by Gasteiger charge is 2.11. The number of rotatable bonds is 7. The average Bonchev–Trinajstić information content (AvgIpc) is 2.81. The molecule has 1 aliphatic carbocycles. The molecule has 0 atom stereocenters. The summed E-state index contributed by atoms with van der Waals surface area (Å²) in [5.41, 5.74) is 2.72. The van der Waals surface area contributed by atoms with Gasteiger partial charge in [-0.3, -0.25) is 0 Å². The molecular weight excluding hydrogens is 212 g/mol. The van der Waals surface area contributed by atoms with Gasteiger partial charge in [0, 0.05) is 25.5 Å². The van der Waals surface area contributed by atoms with Gasteiger partial charge in [-0.2, -0.15) is 0 Å². The highest BCUT2D eigenvalue weighted by Crippen LogP contribution is 2.21. The molecule has 0 saturated carbocycles. The van der Waals surface area contributed by atoms with Crippen LogP contribution in [0.5, 0.6) is 0 Å². The third-order valence-electron chi connectivity index (χ3n) is 3.05. The maximum absolute atomic E-state index is 5.43. The van der Waals surface area contributed by atoms with Crippen molar-refractivity contribution in [2.24, 2.45) is 0 Å². The molecule has 2 rings (SSSR count). The van der Waals surface area contributed by atoms with E-state index in [1.54, 1.807) is 0 Å². The molecule has 17 heavy (non-hydrogen) atoms. The maximum Gasteiger partial charge on any atom is 0.126 e. The first-order valence-corrected chi connectivity index (χ1v) is 6.70. The minimum atomic E-state index is 0.839. The van der Waals surface area contributed by atoms with Crippen molar-refractivity contribution in [1.82, 2.24) is 4.98 Å². The van der Waals surface area contributed by atoms with Crippen molar-refractivity contribution < 1.29 is 4.74 Å². The number of anilines is 1. The minimum Gasteiger partial charge on any atom is -0.381 e. The number of nitrogens with zero attached hydrogens (tertiary/aromatic N) is 1. The minimum absolute atomic E-state index is 0.839. The van der Waals surface area contributed by atoms with Gasteiger partial charge in [0.1, 0.15) is 5.82 Å². The molecule has 0 fully saturated rings. The van der Waals surface area contributed by atoms with Crippen molar-refractivity contribution in [3.8, 4) is 0 Å². The van der Waals surface area contributed by atoms with Crippen LogP contribution >= 0.6 is 0 Å². The normalized spacial score (nSPS) is 13.7.